The predicted octanol–water partition coefficient (Wildman–Crippen LogP) is 4.94. The summed E-state index contributed by atoms with van der Waals surface area (Å²) in [7, 11) is 0. The third kappa shape index (κ3) is 16.9. The van der Waals surface area contributed by atoms with Gasteiger partial charge in [0, 0.05) is 0 Å². The van der Waals surface area contributed by atoms with Crippen LogP contribution in [0.25, 0.3) is 0 Å². The van der Waals surface area contributed by atoms with Crippen molar-refractivity contribution in [2.45, 2.75) is 46.0 Å². The Balaban J connectivity index is 0.000000553. The fourth-order valence-electron chi connectivity index (χ4n) is 2.50. The number of unbranched alkanes of at least 4 members (excludes halogenated alkanes) is 2. The van der Waals surface area contributed by atoms with Gasteiger partial charge < -0.3 is 4.74 Å². The van der Waals surface area contributed by atoms with E-state index in [0.29, 0.717) is 5.92 Å². The zero-order valence-electron chi connectivity index (χ0n) is 17.0. The molecule has 30 heavy (non-hydrogen) atoms. The van der Waals surface area contributed by atoms with Crippen molar-refractivity contribution in [1.29, 1.82) is 0 Å². The van der Waals surface area contributed by atoms with E-state index in [4.69, 9.17) is 4.74 Å². The molecule has 0 heterocycles. The van der Waals surface area contributed by atoms with E-state index in [0.717, 1.165) is 12.4 Å². The molecule has 1 unspecified atom stereocenters. The first kappa shape index (κ1) is 27.1. The van der Waals surface area contributed by atoms with Crippen LogP contribution in [0.5, 0.6) is 5.75 Å². The second kappa shape index (κ2) is 11.1. The van der Waals surface area contributed by atoms with Crippen molar-refractivity contribution in [2.24, 2.45) is 5.92 Å². The molecule has 0 amide bonds. The van der Waals surface area contributed by atoms with Crippen LogP contribution in [0.15, 0.2) is 54.6 Å². The summed E-state index contributed by atoms with van der Waals surface area (Å²) in [5, 5.41) is 0. The predicted molar refractivity (Wildman–Crippen MR) is 106 cm³/mol. The molecule has 0 saturated carbocycles. The van der Waals surface area contributed by atoms with Gasteiger partial charge in [-0.1, -0.05) is 57.7 Å². The normalized spacial score (nSPS) is 14.7. The fraction of sp³-hybridized carbons (Fsp3) is 0.429. The van der Waals surface area contributed by atoms with Gasteiger partial charge in [-0.05, 0) is 48.7 Å². The molecule has 0 aromatic heterocycles. The Kier molecular flexibility index (Phi) is 10.1. The van der Waals surface area contributed by atoms with E-state index in [1.807, 2.05) is 0 Å². The molecule has 1 nitrogen and oxygen atoms in total. The first-order chi connectivity index (χ1) is 13.8. The summed E-state index contributed by atoms with van der Waals surface area (Å²) in [6.45, 7) is 5.39. The molecule has 172 valence electrons. The Morgan fingerprint density at radius 2 is 1.33 bits per heavy atom. The van der Waals surface area contributed by atoms with E-state index in [1.165, 1.54) is 39.2 Å². The van der Waals surface area contributed by atoms with Crippen LogP contribution < -0.4 is 25.9 Å². The molecule has 2 aromatic carbocycles. The van der Waals surface area contributed by atoms with Gasteiger partial charge in [-0.3, -0.25) is 0 Å². The van der Waals surface area contributed by atoms with Crippen LogP contribution in [0.4, 0.5) is 20.8 Å². The first-order valence-corrected chi connectivity index (χ1v) is 16.2. The van der Waals surface area contributed by atoms with E-state index in [-0.39, 0.29) is 21.2 Å². The Bertz CT molecular complexity index is 724. The Morgan fingerprint density at radius 1 is 0.800 bits per heavy atom. The molecule has 0 bridgehead atoms. The summed E-state index contributed by atoms with van der Waals surface area (Å²) in [4.78, 5) is 0. The molecule has 0 fully saturated rings. The molecule has 0 N–H and O–H groups in total. The summed E-state index contributed by atoms with van der Waals surface area (Å²) in [5.74, 6) is 1.71. The van der Waals surface area contributed by atoms with Gasteiger partial charge in [0.25, 0.3) is 0 Å². The van der Waals surface area contributed by atoms with Gasteiger partial charge in [0.1, 0.15) is 5.75 Å². The van der Waals surface area contributed by atoms with Crippen molar-refractivity contribution < 1.29 is 46.7 Å². The average Bonchev–Trinajstić information content (AvgIpc) is 2.64. The van der Waals surface area contributed by atoms with E-state index in [2.05, 4.69) is 68.4 Å². The van der Waals surface area contributed by atoms with E-state index >= 15 is 0 Å². The Labute approximate surface area is 186 Å². The Morgan fingerprint density at radius 3 is 1.83 bits per heavy atom. The molecule has 0 radical (unpaired) electrons. The van der Waals surface area contributed by atoms with Crippen molar-refractivity contribution in [2.75, 3.05) is 6.61 Å². The number of benzene rings is 2. The zero-order valence-corrected chi connectivity index (χ0v) is 21.1. The van der Waals surface area contributed by atoms with Crippen molar-refractivity contribution in [1.82, 2.24) is 0 Å². The van der Waals surface area contributed by atoms with Crippen LogP contribution in [-0.4, -0.2) is 20.8 Å². The van der Waals surface area contributed by atoms with Crippen molar-refractivity contribution in [3.63, 3.8) is 0 Å². The van der Waals surface area contributed by atoms with Crippen LogP contribution in [0.3, 0.4) is 0 Å². The maximum atomic E-state index is 9.91. The molecular formula is C21H28AsF6IO. The van der Waals surface area contributed by atoms with Gasteiger partial charge in [-0.2, -0.15) is 0 Å². The molecule has 0 aliphatic rings. The zero-order chi connectivity index (χ0) is 22.7. The van der Waals surface area contributed by atoms with Gasteiger partial charge in [-0.25, -0.2) is 0 Å². The van der Waals surface area contributed by atoms with Gasteiger partial charge in [-0.15, -0.1) is 0 Å². The minimum atomic E-state index is -11.1. The molecule has 1 atom stereocenters. The van der Waals surface area contributed by atoms with Crippen molar-refractivity contribution in [3.8, 4) is 5.75 Å². The van der Waals surface area contributed by atoms with Gasteiger partial charge in [0.2, 0.25) is 0 Å². The molecule has 0 aliphatic heterocycles. The third-order valence-electron chi connectivity index (χ3n) is 4.04. The van der Waals surface area contributed by atoms with Crippen LogP contribution >= 0.6 is 0 Å². The third-order valence-corrected chi connectivity index (χ3v) is 6.73. The molecule has 2 rings (SSSR count). The van der Waals surface area contributed by atoms with Crippen molar-refractivity contribution in [3.05, 3.63) is 61.7 Å². The van der Waals surface area contributed by atoms with Crippen LogP contribution in [-0.2, 0) is 0 Å². The van der Waals surface area contributed by atoms with E-state index in [1.54, 1.807) is 0 Å². The topological polar surface area (TPSA) is 9.23 Å². The summed E-state index contributed by atoms with van der Waals surface area (Å²) in [6, 6.07) is 19.5. The minimum absolute atomic E-state index is 0.0759. The maximum absolute atomic E-state index is 11.1. The number of hydrogen-bond donors (Lipinski definition) is 0. The van der Waals surface area contributed by atoms with Crippen LogP contribution in [0.2, 0.25) is 0 Å². The molecule has 9 heteroatoms. The van der Waals surface area contributed by atoms with E-state index in [9.17, 15) is 20.8 Å². The fourth-order valence-corrected chi connectivity index (χ4v) is 4.71. The van der Waals surface area contributed by atoms with E-state index < -0.39 is 14.2 Å². The van der Waals surface area contributed by atoms with Crippen molar-refractivity contribution >= 4 is 14.2 Å². The number of ether oxygens (including phenoxy) is 1. The first-order valence-electron chi connectivity index (χ1n) is 9.76. The average molecular weight is 612 g/mol. The monoisotopic (exact) mass is 612 g/mol. The summed E-state index contributed by atoms with van der Waals surface area (Å²) in [5.41, 5.74) is 0. The van der Waals surface area contributed by atoms with Gasteiger partial charge in [0.15, 0.2) is 7.14 Å². The molecule has 0 spiro atoms. The van der Waals surface area contributed by atoms with Crippen LogP contribution in [0, 0.1) is 13.1 Å². The van der Waals surface area contributed by atoms with Gasteiger partial charge in [0.05, 0.1) is 6.61 Å². The number of rotatable bonds is 10. The molecule has 0 aliphatic carbocycles. The summed E-state index contributed by atoms with van der Waals surface area (Å²) in [6.07, 6.45) is 6.47. The standard InChI is InChI=1S/C21H28IO.AsF6/c1-3-5-7-10-18(4-2)17-23-21-15-13-20(14-16-21)22-19-11-8-6-9-12-19;2-1(3,4,5,6)7/h6,8-9,11-16,18H,3-5,7,10,17H2,1-2H3;/q+1;-1. The second-order valence-corrected chi connectivity index (χ2v) is 13.9. The quantitative estimate of drug-likeness (QED) is 0.160. The van der Waals surface area contributed by atoms with Gasteiger partial charge >= 0.3 is 56.2 Å². The SMILES string of the molecule is CCCCCC(CC)COc1ccc([I+]c2ccccc2)cc1.F[As-](F)(F)(F)(F)F. The summed E-state index contributed by atoms with van der Waals surface area (Å²) < 4.78 is 68.3. The molecule has 2 aromatic rings. The van der Waals surface area contributed by atoms with Crippen LogP contribution in [0.1, 0.15) is 46.0 Å². The Hall–Kier alpha value is -0.892. The number of hydrogen-bond acceptors (Lipinski definition) is 1. The summed E-state index contributed by atoms with van der Waals surface area (Å²) >= 11 is -11.1. The molecule has 0 saturated heterocycles. The number of halogens is 7. The molecular weight excluding hydrogens is 584 g/mol. The second-order valence-electron chi connectivity index (χ2n) is 6.88.